The average molecular weight is 461 g/mol. The van der Waals surface area contributed by atoms with Crippen LogP contribution in [0, 0.1) is 0 Å². The van der Waals surface area contributed by atoms with E-state index in [1.807, 2.05) is 55.6 Å². The number of phenolic OH excluding ortho intramolecular Hbond substituents is 1. The maximum Gasteiger partial charge on any atom is 0.271 e. The summed E-state index contributed by atoms with van der Waals surface area (Å²) in [6, 6.07) is 19.3. The molecule has 3 N–H and O–H groups in total. The van der Waals surface area contributed by atoms with Crippen LogP contribution in [0.1, 0.15) is 26.3 Å². The maximum absolute atomic E-state index is 12.9. The number of hydrogen-bond acceptors (Lipinski definition) is 5. The Morgan fingerprint density at radius 2 is 1.88 bits per heavy atom. The first kappa shape index (κ1) is 22.1. The molecule has 7 nitrogen and oxygen atoms in total. The van der Waals surface area contributed by atoms with Gasteiger partial charge in [0, 0.05) is 35.4 Å². The molecule has 0 aliphatic carbocycles. The second-order valence-corrected chi connectivity index (χ2v) is 7.76. The molecule has 166 valence electrons. The van der Waals surface area contributed by atoms with Gasteiger partial charge in [-0.2, -0.15) is 5.10 Å². The third kappa shape index (κ3) is 4.88. The van der Waals surface area contributed by atoms with Crippen molar-refractivity contribution in [3.63, 3.8) is 0 Å². The molecule has 0 saturated heterocycles. The number of aromatic nitrogens is 1. The number of phenols is 1. The monoisotopic (exact) mass is 460 g/mol. The maximum atomic E-state index is 12.9. The van der Waals surface area contributed by atoms with E-state index in [0.29, 0.717) is 0 Å². The van der Waals surface area contributed by atoms with Crippen molar-refractivity contribution in [3.05, 3.63) is 94.6 Å². The number of rotatable bonds is 6. The molecular weight excluding hydrogens is 440 g/mol. The predicted octanol–water partition coefficient (Wildman–Crippen LogP) is 4.69. The van der Waals surface area contributed by atoms with E-state index in [2.05, 4.69) is 15.8 Å². The number of aromatic hydroxyl groups is 1. The van der Waals surface area contributed by atoms with Crippen molar-refractivity contribution < 1.29 is 14.7 Å². The van der Waals surface area contributed by atoms with Crippen LogP contribution in [-0.2, 0) is 6.42 Å². The zero-order valence-electron chi connectivity index (χ0n) is 17.7. The number of carbonyl (C=O) groups excluding carboxylic acids is 2. The molecule has 1 amide bonds. The summed E-state index contributed by atoms with van der Waals surface area (Å²) in [7, 11) is 1.85. The number of carbonyl (C=O) groups is 2. The number of benzene rings is 3. The van der Waals surface area contributed by atoms with Crippen molar-refractivity contribution in [2.45, 2.75) is 6.42 Å². The highest BCUT2D eigenvalue weighted by Crippen LogP contribution is 2.23. The van der Waals surface area contributed by atoms with Gasteiger partial charge in [0.2, 0.25) is 5.91 Å². The second-order valence-electron chi connectivity index (χ2n) is 7.35. The summed E-state index contributed by atoms with van der Waals surface area (Å²) in [5, 5.41) is 17.5. The average Bonchev–Trinajstić information content (AvgIpc) is 3.26. The van der Waals surface area contributed by atoms with E-state index in [0.717, 1.165) is 27.7 Å². The molecule has 0 aliphatic heterocycles. The number of halogens is 1. The van der Waals surface area contributed by atoms with E-state index >= 15 is 0 Å². The van der Waals surface area contributed by atoms with Crippen molar-refractivity contribution in [3.8, 4) is 5.75 Å². The Bertz CT molecular complexity index is 1360. The molecule has 0 saturated carbocycles. The van der Waals surface area contributed by atoms with Gasteiger partial charge >= 0.3 is 0 Å². The first-order chi connectivity index (χ1) is 16.0. The van der Waals surface area contributed by atoms with E-state index in [4.69, 9.17) is 11.6 Å². The fourth-order valence-corrected chi connectivity index (χ4v) is 3.62. The number of amides is 1. The lowest BCUT2D eigenvalue weighted by Crippen LogP contribution is -2.17. The van der Waals surface area contributed by atoms with Crippen molar-refractivity contribution >= 4 is 46.2 Å². The molecule has 8 heteroatoms. The number of hydrogen-bond donors (Lipinski definition) is 3. The number of nitrogens with zero attached hydrogens (tertiary/aromatic N) is 2. The summed E-state index contributed by atoms with van der Waals surface area (Å²) < 4.78 is 1.62. The van der Waals surface area contributed by atoms with Gasteiger partial charge in [-0.1, -0.05) is 35.9 Å². The van der Waals surface area contributed by atoms with E-state index in [-0.39, 0.29) is 28.7 Å². The van der Waals surface area contributed by atoms with Gasteiger partial charge in [-0.3, -0.25) is 14.2 Å². The minimum absolute atomic E-state index is 0.0474. The third-order valence-corrected chi connectivity index (χ3v) is 5.52. The highest BCUT2D eigenvalue weighted by molar-refractivity contribution is 6.32. The smallest absolute Gasteiger partial charge is 0.271 e. The van der Waals surface area contributed by atoms with Crippen LogP contribution in [0.5, 0.6) is 5.75 Å². The van der Waals surface area contributed by atoms with E-state index in [1.165, 1.54) is 24.4 Å². The predicted molar refractivity (Wildman–Crippen MR) is 130 cm³/mol. The van der Waals surface area contributed by atoms with Crippen LogP contribution < -0.4 is 10.7 Å². The molecule has 0 bridgehead atoms. The number of fused-ring (bicyclic) bond motifs is 1. The lowest BCUT2D eigenvalue weighted by atomic mass is 10.1. The van der Waals surface area contributed by atoms with E-state index < -0.39 is 5.91 Å². The van der Waals surface area contributed by atoms with Gasteiger partial charge in [-0.15, -0.1) is 0 Å². The van der Waals surface area contributed by atoms with Crippen LogP contribution in [0.25, 0.3) is 10.9 Å². The van der Waals surface area contributed by atoms with E-state index in [9.17, 15) is 14.7 Å². The highest BCUT2D eigenvalue weighted by Gasteiger charge is 2.12. The van der Waals surface area contributed by atoms with Crippen LogP contribution >= 0.6 is 11.6 Å². The van der Waals surface area contributed by atoms with Crippen LogP contribution in [0.4, 0.5) is 5.69 Å². The first-order valence-corrected chi connectivity index (χ1v) is 10.6. The molecule has 4 rings (SSSR count). The molecule has 3 aromatic carbocycles. The van der Waals surface area contributed by atoms with Gasteiger partial charge in [-0.25, -0.2) is 5.43 Å². The van der Waals surface area contributed by atoms with Crippen LogP contribution in [-0.4, -0.2) is 34.8 Å². The summed E-state index contributed by atoms with van der Waals surface area (Å²) in [5.41, 5.74) is 6.14. The van der Waals surface area contributed by atoms with Gasteiger partial charge in [0.25, 0.3) is 5.91 Å². The minimum Gasteiger partial charge on any atom is -0.506 e. The molecule has 33 heavy (non-hydrogen) atoms. The quantitative estimate of drug-likeness (QED) is 0.287. The van der Waals surface area contributed by atoms with Crippen molar-refractivity contribution in [2.24, 2.45) is 5.10 Å². The lowest BCUT2D eigenvalue weighted by molar-refractivity contribution is 0.0917. The van der Waals surface area contributed by atoms with E-state index in [1.54, 1.807) is 10.8 Å². The highest BCUT2D eigenvalue weighted by atomic mass is 35.5. The SMILES string of the molecule is CNc1ccc(CC(=O)n2ccc3c(/C=N/NC(=O)c4ccc(O)c(Cl)c4)cccc32)cc1. The standard InChI is InChI=1S/C25H21ClN4O3/c1-27-19-8-5-16(6-9-19)13-24(32)30-12-11-20-18(3-2-4-22(20)30)15-28-29-25(33)17-7-10-23(31)21(26)14-17/h2-12,14-15,27,31H,13H2,1H3,(H,29,33)/b28-15+. The van der Waals surface area contributed by atoms with Crippen molar-refractivity contribution in [1.29, 1.82) is 0 Å². The topological polar surface area (TPSA) is 95.7 Å². The molecule has 0 unspecified atom stereocenters. The third-order valence-electron chi connectivity index (χ3n) is 5.21. The van der Waals surface area contributed by atoms with Gasteiger partial charge in [0.15, 0.2) is 0 Å². The Kier molecular flexibility index (Phi) is 6.42. The molecule has 0 atom stereocenters. The van der Waals surface area contributed by atoms with Gasteiger partial charge in [0.1, 0.15) is 5.75 Å². The summed E-state index contributed by atoms with van der Waals surface area (Å²) >= 11 is 5.84. The Labute approximate surface area is 195 Å². The molecular formula is C25H21ClN4O3. The first-order valence-electron chi connectivity index (χ1n) is 10.2. The minimum atomic E-state index is -0.461. The molecule has 0 spiro atoms. The Morgan fingerprint density at radius 1 is 1.09 bits per heavy atom. The lowest BCUT2D eigenvalue weighted by Gasteiger charge is -2.06. The largest absolute Gasteiger partial charge is 0.506 e. The van der Waals surface area contributed by atoms with Gasteiger partial charge < -0.3 is 10.4 Å². The fourth-order valence-electron chi connectivity index (χ4n) is 3.44. The summed E-state index contributed by atoms with van der Waals surface area (Å²) in [5.74, 6) is -0.608. The molecule has 0 aliphatic rings. The summed E-state index contributed by atoms with van der Waals surface area (Å²) in [6.07, 6.45) is 3.54. The summed E-state index contributed by atoms with van der Waals surface area (Å²) in [6.45, 7) is 0. The fraction of sp³-hybridized carbons (Fsp3) is 0.0800. The molecule has 0 fully saturated rings. The number of nitrogens with one attached hydrogen (secondary N) is 2. The normalized spacial score (nSPS) is 11.1. The summed E-state index contributed by atoms with van der Waals surface area (Å²) in [4.78, 5) is 25.1. The zero-order valence-corrected chi connectivity index (χ0v) is 18.5. The molecule has 4 aromatic rings. The van der Waals surface area contributed by atoms with Crippen molar-refractivity contribution in [1.82, 2.24) is 9.99 Å². The van der Waals surface area contributed by atoms with Crippen LogP contribution in [0.15, 0.2) is 78.0 Å². The Hall–Kier alpha value is -4.10. The van der Waals surface area contributed by atoms with Gasteiger partial charge in [-0.05, 0) is 48.0 Å². The van der Waals surface area contributed by atoms with Crippen molar-refractivity contribution in [2.75, 3.05) is 12.4 Å². The molecule has 1 heterocycles. The Balaban J connectivity index is 1.49. The van der Waals surface area contributed by atoms with Crippen LogP contribution in [0.2, 0.25) is 5.02 Å². The second kappa shape index (κ2) is 9.58. The van der Waals surface area contributed by atoms with Gasteiger partial charge in [0.05, 0.1) is 23.2 Å². The number of anilines is 1. The molecule has 0 radical (unpaired) electrons. The Morgan fingerprint density at radius 3 is 2.61 bits per heavy atom. The number of hydrazone groups is 1. The molecule has 1 aromatic heterocycles. The zero-order chi connectivity index (χ0) is 23.4. The van der Waals surface area contributed by atoms with Crippen LogP contribution in [0.3, 0.4) is 0 Å².